The molecule has 2 aromatic rings. The molecule has 0 aliphatic carbocycles. The minimum Gasteiger partial charge on any atom is -0.352 e. The normalized spacial score (nSPS) is 14.4. The highest BCUT2D eigenvalue weighted by molar-refractivity contribution is 9.10. The van der Waals surface area contributed by atoms with Gasteiger partial charge in [-0.1, -0.05) is 40.5 Å². The van der Waals surface area contributed by atoms with E-state index < -0.39 is 0 Å². The molecule has 1 aromatic carbocycles. The summed E-state index contributed by atoms with van der Waals surface area (Å²) in [5.74, 6) is 1.96. The molecule has 0 atom stereocenters. The zero-order valence-corrected chi connectivity index (χ0v) is 15.1. The molecule has 3 rings (SSSR count). The third-order valence-electron chi connectivity index (χ3n) is 4.15. The van der Waals surface area contributed by atoms with Gasteiger partial charge in [-0.15, -0.1) is 10.2 Å². The summed E-state index contributed by atoms with van der Waals surface area (Å²) in [5.41, 5.74) is 0.982. The largest absolute Gasteiger partial charge is 0.352 e. The van der Waals surface area contributed by atoms with Crippen LogP contribution in [0.3, 0.4) is 0 Å². The van der Waals surface area contributed by atoms with Crippen LogP contribution in [0, 0.1) is 0 Å². The van der Waals surface area contributed by atoms with E-state index in [-0.39, 0.29) is 5.91 Å². The molecule has 1 amide bonds. The van der Waals surface area contributed by atoms with Crippen molar-refractivity contribution in [1.29, 1.82) is 0 Å². The highest BCUT2D eigenvalue weighted by atomic mass is 79.9. The lowest BCUT2D eigenvalue weighted by molar-refractivity contribution is -0.116. The zero-order valence-electron chi connectivity index (χ0n) is 13.5. The molecule has 24 heavy (non-hydrogen) atoms. The van der Waals surface area contributed by atoms with Crippen LogP contribution in [0.4, 0.5) is 0 Å². The maximum atomic E-state index is 11.9. The van der Waals surface area contributed by atoms with E-state index in [2.05, 4.69) is 36.0 Å². The molecular formula is C18H21BrN4O. The van der Waals surface area contributed by atoms with Gasteiger partial charge < -0.3 is 9.88 Å². The molecule has 6 heteroatoms. The smallest absolute Gasteiger partial charge is 0.244 e. The van der Waals surface area contributed by atoms with Crippen molar-refractivity contribution in [2.45, 2.75) is 38.6 Å². The summed E-state index contributed by atoms with van der Waals surface area (Å²) < 4.78 is 3.19. The van der Waals surface area contributed by atoms with E-state index in [1.807, 2.05) is 30.3 Å². The SMILES string of the molecule is O=C(/C=C/c1ccccc1Br)NCCc1nnc2n1CCCCC2. The second kappa shape index (κ2) is 8.24. The van der Waals surface area contributed by atoms with Crippen LogP contribution in [0.25, 0.3) is 6.08 Å². The molecule has 1 N–H and O–H groups in total. The Balaban J connectivity index is 1.51. The minimum absolute atomic E-state index is 0.0960. The fourth-order valence-corrected chi connectivity index (χ4v) is 3.28. The van der Waals surface area contributed by atoms with Gasteiger partial charge in [0.05, 0.1) is 0 Å². The third kappa shape index (κ3) is 4.32. The summed E-state index contributed by atoms with van der Waals surface area (Å²) in [6.07, 6.45) is 8.70. The second-order valence-corrected chi connectivity index (χ2v) is 6.74. The van der Waals surface area contributed by atoms with E-state index in [4.69, 9.17) is 0 Å². The zero-order chi connectivity index (χ0) is 16.8. The molecule has 1 aliphatic rings. The Morgan fingerprint density at radius 2 is 2.12 bits per heavy atom. The number of hydrogen-bond donors (Lipinski definition) is 1. The van der Waals surface area contributed by atoms with E-state index in [0.717, 1.165) is 34.7 Å². The predicted octanol–water partition coefficient (Wildman–Crippen LogP) is 3.14. The van der Waals surface area contributed by atoms with Gasteiger partial charge in [0.1, 0.15) is 11.6 Å². The highest BCUT2D eigenvalue weighted by Gasteiger charge is 2.14. The number of rotatable bonds is 5. The van der Waals surface area contributed by atoms with Gasteiger partial charge in [-0.3, -0.25) is 4.79 Å². The van der Waals surface area contributed by atoms with Crippen LogP contribution in [-0.4, -0.2) is 27.2 Å². The van der Waals surface area contributed by atoms with Crippen molar-refractivity contribution >= 4 is 27.9 Å². The average molecular weight is 389 g/mol. The van der Waals surface area contributed by atoms with Gasteiger partial charge >= 0.3 is 0 Å². The van der Waals surface area contributed by atoms with Crippen molar-refractivity contribution in [3.63, 3.8) is 0 Å². The number of benzene rings is 1. The number of nitrogens with one attached hydrogen (secondary N) is 1. The fourth-order valence-electron chi connectivity index (χ4n) is 2.86. The first-order chi connectivity index (χ1) is 11.7. The number of fused-ring (bicyclic) bond motifs is 1. The summed E-state index contributed by atoms with van der Waals surface area (Å²) in [5, 5.41) is 11.5. The average Bonchev–Trinajstić information content (AvgIpc) is 2.81. The number of carbonyl (C=O) groups excluding carboxylic acids is 1. The first-order valence-corrected chi connectivity index (χ1v) is 9.15. The molecule has 1 aromatic heterocycles. The van der Waals surface area contributed by atoms with Gasteiger partial charge in [0.15, 0.2) is 0 Å². The molecule has 2 heterocycles. The Morgan fingerprint density at radius 1 is 1.25 bits per heavy atom. The Hall–Kier alpha value is -1.95. The molecule has 0 unspecified atom stereocenters. The number of hydrogen-bond acceptors (Lipinski definition) is 3. The standard InChI is InChI=1S/C18H21BrN4O/c19-15-7-4-3-6-14(15)9-10-18(24)20-12-11-17-22-21-16-8-2-1-5-13-23(16)17/h3-4,6-7,9-10H,1-2,5,8,11-13H2,(H,20,24)/b10-9+. The maximum absolute atomic E-state index is 11.9. The van der Waals surface area contributed by atoms with Crippen molar-refractivity contribution in [1.82, 2.24) is 20.1 Å². The summed E-state index contributed by atoms with van der Waals surface area (Å²) in [7, 11) is 0. The van der Waals surface area contributed by atoms with Crippen LogP contribution in [0.15, 0.2) is 34.8 Å². The van der Waals surface area contributed by atoms with Crippen molar-refractivity contribution in [2.75, 3.05) is 6.54 Å². The Kier molecular flexibility index (Phi) is 5.80. The van der Waals surface area contributed by atoms with Crippen molar-refractivity contribution in [3.8, 4) is 0 Å². The number of aromatic nitrogens is 3. The van der Waals surface area contributed by atoms with E-state index >= 15 is 0 Å². The van der Waals surface area contributed by atoms with Crippen molar-refractivity contribution < 1.29 is 4.79 Å². The molecule has 0 bridgehead atoms. The maximum Gasteiger partial charge on any atom is 0.244 e. The summed E-state index contributed by atoms with van der Waals surface area (Å²) in [6, 6.07) is 7.80. The van der Waals surface area contributed by atoms with Crippen molar-refractivity contribution in [2.24, 2.45) is 0 Å². The van der Waals surface area contributed by atoms with E-state index in [1.165, 1.54) is 19.3 Å². The quantitative estimate of drug-likeness (QED) is 0.800. The van der Waals surface area contributed by atoms with E-state index in [1.54, 1.807) is 6.08 Å². The minimum atomic E-state index is -0.0960. The molecule has 5 nitrogen and oxygen atoms in total. The number of halogens is 1. The molecule has 0 saturated heterocycles. The van der Waals surface area contributed by atoms with Gasteiger partial charge in [-0.25, -0.2) is 0 Å². The highest BCUT2D eigenvalue weighted by Crippen LogP contribution is 2.17. The molecular weight excluding hydrogens is 368 g/mol. The van der Waals surface area contributed by atoms with Crippen LogP contribution >= 0.6 is 15.9 Å². The first-order valence-electron chi connectivity index (χ1n) is 8.35. The van der Waals surface area contributed by atoms with Gasteiger partial charge in [-0.05, 0) is 30.5 Å². The van der Waals surface area contributed by atoms with E-state index in [0.29, 0.717) is 13.0 Å². The van der Waals surface area contributed by atoms with Gasteiger partial charge in [0, 0.05) is 36.5 Å². The summed E-state index contributed by atoms with van der Waals surface area (Å²) in [4.78, 5) is 11.9. The van der Waals surface area contributed by atoms with Gasteiger partial charge in [-0.2, -0.15) is 0 Å². The Labute approximate surface area is 150 Å². The molecule has 126 valence electrons. The van der Waals surface area contributed by atoms with E-state index in [9.17, 15) is 4.79 Å². The number of amides is 1. The van der Waals surface area contributed by atoms with Gasteiger partial charge in [0.2, 0.25) is 5.91 Å². The summed E-state index contributed by atoms with van der Waals surface area (Å²) >= 11 is 3.47. The number of aryl methyl sites for hydroxylation is 1. The lowest BCUT2D eigenvalue weighted by Crippen LogP contribution is -2.24. The first kappa shape index (κ1) is 16.9. The monoisotopic (exact) mass is 388 g/mol. The molecule has 0 radical (unpaired) electrons. The van der Waals surface area contributed by atoms with Crippen LogP contribution in [0.1, 0.15) is 36.5 Å². The molecule has 0 saturated carbocycles. The molecule has 0 spiro atoms. The number of carbonyl (C=O) groups is 1. The van der Waals surface area contributed by atoms with Crippen LogP contribution in [0.2, 0.25) is 0 Å². The third-order valence-corrected chi connectivity index (χ3v) is 4.88. The molecule has 0 fully saturated rings. The van der Waals surface area contributed by atoms with Crippen LogP contribution in [0.5, 0.6) is 0 Å². The van der Waals surface area contributed by atoms with Crippen molar-refractivity contribution in [3.05, 3.63) is 52.0 Å². The Bertz CT molecular complexity index is 738. The molecule has 1 aliphatic heterocycles. The fraction of sp³-hybridized carbons (Fsp3) is 0.389. The number of nitrogens with zero attached hydrogens (tertiary/aromatic N) is 3. The lowest BCUT2D eigenvalue weighted by Gasteiger charge is -2.07. The Morgan fingerprint density at radius 3 is 3.00 bits per heavy atom. The second-order valence-electron chi connectivity index (χ2n) is 5.89. The van der Waals surface area contributed by atoms with Gasteiger partial charge in [0.25, 0.3) is 0 Å². The van der Waals surface area contributed by atoms with Crippen LogP contribution < -0.4 is 5.32 Å². The summed E-state index contributed by atoms with van der Waals surface area (Å²) in [6.45, 7) is 1.56. The lowest BCUT2D eigenvalue weighted by atomic mass is 10.2. The predicted molar refractivity (Wildman–Crippen MR) is 97.5 cm³/mol. The van der Waals surface area contributed by atoms with Crippen LogP contribution in [-0.2, 0) is 24.2 Å². The topological polar surface area (TPSA) is 59.8 Å².